The summed E-state index contributed by atoms with van der Waals surface area (Å²) in [5.41, 5.74) is 2.93. The molecule has 0 spiro atoms. The summed E-state index contributed by atoms with van der Waals surface area (Å²) in [5.74, 6) is 0.236. The lowest BCUT2D eigenvalue weighted by Crippen LogP contribution is -2.20. The van der Waals surface area contributed by atoms with Crippen molar-refractivity contribution < 1.29 is 0 Å². The van der Waals surface area contributed by atoms with Crippen LogP contribution in [0.1, 0.15) is 36.6 Å². The Balaban J connectivity index is 2.33. The molecule has 3 nitrogen and oxygen atoms in total. The van der Waals surface area contributed by atoms with Gasteiger partial charge in [-0.25, -0.2) is 4.68 Å². The van der Waals surface area contributed by atoms with E-state index < -0.39 is 0 Å². The third-order valence-electron chi connectivity index (χ3n) is 3.01. The van der Waals surface area contributed by atoms with Crippen molar-refractivity contribution >= 4 is 11.6 Å². The zero-order chi connectivity index (χ0) is 13.3. The molecule has 96 valence electrons. The Hall–Kier alpha value is -1.48. The van der Waals surface area contributed by atoms with Crippen LogP contribution in [0.25, 0.3) is 0 Å². The first kappa shape index (κ1) is 13.0. The van der Waals surface area contributed by atoms with E-state index in [1.807, 2.05) is 45.0 Å². The standard InChI is InChI=1S/C14H17ClN2O/c1-9(2)13-10(3)16-17(14(13)18)8-11-4-6-12(15)7-5-11/h4-7,9,16H,8H2,1-3H3. The van der Waals surface area contributed by atoms with Crippen LogP contribution in [0.2, 0.25) is 5.02 Å². The second-order valence-corrected chi connectivity index (χ2v) is 5.26. The quantitative estimate of drug-likeness (QED) is 0.907. The van der Waals surface area contributed by atoms with Gasteiger partial charge >= 0.3 is 0 Å². The Labute approximate surface area is 111 Å². The van der Waals surface area contributed by atoms with Crippen LogP contribution < -0.4 is 5.56 Å². The van der Waals surface area contributed by atoms with Crippen LogP contribution in [-0.4, -0.2) is 9.78 Å². The van der Waals surface area contributed by atoms with Gasteiger partial charge in [0, 0.05) is 16.3 Å². The summed E-state index contributed by atoms with van der Waals surface area (Å²) in [6.45, 7) is 6.55. The average molecular weight is 265 g/mol. The normalized spacial score (nSPS) is 11.2. The number of benzene rings is 1. The number of aryl methyl sites for hydroxylation is 1. The smallest absolute Gasteiger partial charge is 0.270 e. The van der Waals surface area contributed by atoms with E-state index >= 15 is 0 Å². The molecule has 0 fully saturated rings. The zero-order valence-corrected chi connectivity index (χ0v) is 11.6. The topological polar surface area (TPSA) is 37.8 Å². The summed E-state index contributed by atoms with van der Waals surface area (Å²) in [7, 11) is 0. The largest absolute Gasteiger partial charge is 0.299 e. The van der Waals surface area contributed by atoms with Crippen molar-refractivity contribution in [3.05, 3.63) is 56.5 Å². The lowest BCUT2D eigenvalue weighted by molar-refractivity contribution is 0.655. The van der Waals surface area contributed by atoms with Gasteiger partial charge in [-0.15, -0.1) is 0 Å². The Kier molecular flexibility index (Phi) is 3.62. The Bertz CT molecular complexity index is 593. The van der Waals surface area contributed by atoms with Gasteiger partial charge in [0.05, 0.1) is 6.54 Å². The van der Waals surface area contributed by atoms with Gasteiger partial charge in [-0.3, -0.25) is 9.89 Å². The fraction of sp³-hybridized carbons (Fsp3) is 0.357. The molecule has 0 atom stereocenters. The van der Waals surface area contributed by atoms with E-state index in [9.17, 15) is 4.79 Å². The number of hydrogen-bond acceptors (Lipinski definition) is 1. The lowest BCUT2D eigenvalue weighted by atomic mass is 10.1. The molecule has 0 amide bonds. The van der Waals surface area contributed by atoms with Crippen molar-refractivity contribution in [3.8, 4) is 0 Å². The van der Waals surface area contributed by atoms with E-state index in [1.54, 1.807) is 4.68 Å². The minimum absolute atomic E-state index is 0.0671. The summed E-state index contributed by atoms with van der Waals surface area (Å²) < 4.78 is 1.65. The van der Waals surface area contributed by atoms with Crippen LogP contribution in [0.15, 0.2) is 29.1 Å². The van der Waals surface area contributed by atoms with Gasteiger partial charge in [0.2, 0.25) is 0 Å². The van der Waals surface area contributed by atoms with Crippen LogP contribution >= 0.6 is 11.6 Å². The van der Waals surface area contributed by atoms with Crippen molar-refractivity contribution in [3.63, 3.8) is 0 Å². The number of halogens is 1. The van der Waals surface area contributed by atoms with Gasteiger partial charge in [0.15, 0.2) is 0 Å². The zero-order valence-electron chi connectivity index (χ0n) is 10.8. The van der Waals surface area contributed by atoms with Crippen molar-refractivity contribution in [2.45, 2.75) is 33.2 Å². The van der Waals surface area contributed by atoms with Gasteiger partial charge in [-0.05, 0) is 30.5 Å². The Morgan fingerprint density at radius 2 is 1.89 bits per heavy atom. The number of aromatic amines is 1. The molecule has 2 aromatic rings. The fourth-order valence-electron chi connectivity index (χ4n) is 2.18. The molecular weight excluding hydrogens is 248 g/mol. The van der Waals surface area contributed by atoms with E-state index in [2.05, 4.69) is 5.10 Å². The molecular formula is C14H17ClN2O. The van der Waals surface area contributed by atoms with Crippen LogP contribution in [0.4, 0.5) is 0 Å². The molecule has 0 unspecified atom stereocenters. The van der Waals surface area contributed by atoms with Crippen LogP contribution in [0, 0.1) is 6.92 Å². The molecule has 0 aliphatic rings. The maximum Gasteiger partial charge on any atom is 0.270 e. The third kappa shape index (κ3) is 2.51. The minimum atomic E-state index is 0.0671. The van der Waals surface area contributed by atoms with Gasteiger partial charge < -0.3 is 0 Å². The Morgan fingerprint density at radius 3 is 2.39 bits per heavy atom. The molecule has 0 radical (unpaired) electrons. The highest BCUT2D eigenvalue weighted by Gasteiger charge is 2.14. The van der Waals surface area contributed by atoms with E-state index in [4.69, 9.17) is 11.6 Å². The highest BCUT2D eigenvalue weighted by Crippen LogP contribution is 2.14. The summed E-state index contributed by atoms with van der Waals surface area (Å²) in [6.07, 6.45) is 0. The monoisotopic (exact) mass is 264 g/mol. The van der Waals surface area contributed by atoms with Gasteiger partial charge in [0.1, 0.15) is 0 Å². The molecule has 4 heteroatoms. The van der Waals surface area contributed by atoms with E-state index in [1.165, 1.54) is 0 Å². The second-order valence-electron chi connectivity index (χ2n) is 4.82. The summed E-state index contributed by atoms with van der Waals surface area (Å²) >= 11 is 5.84. The number of H-pyrrole nitrogens is 1. The van der Waals surface area contributed by atoms with Crippen LogP contribution in [0.5, 0.6) is 0 Å². The maximum atomic E-state index is 12.2. The molecule has 1 N–H and O–H groups in total. The molecule has 0 bridgehead atoms. The highest BCUT2D eigenvalue weighted by atomic mass is 35.5. The molecule has 2 rings (SSSR count). The molecule has 0 saturated heterocycles. The first-order valence-electron chi connectivity index (χ1n) is 6.02. The number of nitrogens with one attached hydrogen (secondary N) is 1. The van der Waals surface area contributed by atoms with Crippen molar-refractivity contribution in [1.29, 1.82) is 0 Å². The highest BCUT2D eigenvalue weighted by molar-refractivity contribution is 6.30. The van der Waals surface area contributed by atoms with Crippen molar-refractivity contribution in [2.75, 3.05) is 0 Å². The molecule has 0 aliphatic carbocycles. The molecule has 18 heavy (non-hydrogen) atoms. The summed E-state index contributed by atoms with van der Waals surface area (Å²) in [4.78, 5) is 12.2. The summed E-state index contributed by atoms with van der Waals surface area (Å²) in [6, 6.07) is 7.53. The minimum Gasteiger partial charge on any atom is -0.299 e. The van der Waals surface area contributed by atoms with Crippen LogP contribution in [-0.2, 0) is 6.54 Å². The molecule has 1 heterocycles. The van der Waals surface area contributed by atoms with Gasteiger partial charge in [-0.1, -0.05) is 37.6 Å². The number of hydrogen-bond donors (Lipinski definition) is 1. The molecule has 1 aromatic heterocycles. The number of nitrogens with zero attached hydrogens (tertiary/aromatic N) is 1. The molecule has 0 aliphatic heterocycles. The van der Waals surface area contributed by atoms with E-state index in [0.717, 1.165) is 16.8 Å². The number of aromatic nitrogens is 2. The molecule has 0 saturated carbocycles. The van der Waals surface area contributed by atoms with Gasteiger partial charge in [-0.2, -0.15) is 0 Å². The third-order valence-corrected chi connectivity index (χ3v) is 3.27. The fourth-order valence-corrected chi connectivity index (χ4v) is 2.31. The average Bonchev–Trinajstić information content (AvgIpc) is 2.57. The first-order valence-corrected chi connectivity index (χ1v) is 6.40. The Morgan fingerprint density at radius 1 is 1.28 bits per heavy atom. The van der Waals surface area contributed by atoms with Gasteiger partial charge in [0.25, 0.3) is 5.56 Å². The molecule has 1 aromatic carbocycles. The second kappa shape index (κ2) is 5.02. The predicted molar refractivity (Wildman–Crippen MR) is 74.4 cm³/mol. The lowest BCUT2D eigenvalue weighted by Gasteiger charge is -2.02. The summed E-state index contributed by atoms with van der Waals surface area (Å²) in [5, 5.41) is 3.83. The number of rotatable bonds is 3. The maximum absolute atomic E-state index is 12.2. The SMILES string of the molecule is Cc1[nH]n(Cc2ccc(Cl)cc2)c(=O)c1C(C)C. The van der Waals surface area contributed by atoms with E-state index in [0.29, 0.717) is 11.6 Å². The first-order chi connectivity index (χ1) is 8.49. The van der Waals surface area contributed by atoms with Crippen molar-refractivity contribution in [1.82, 2.24) is 9.78 Å². The van der Waals surface area contributed by atoms with E-state index in [-0.39, 0.29) is 11.5 Å². The van der Waals surface area contributed by atoms with Crippen molar-refractivity contribution in [2.24, 2.45) is 0 Å². The predicted octanol–water partition coefficient (Wildman–Crippen LogP) is 3.31. The van der Waals surface area contributed by atoms with Crippen LogP contribution in [0.3, 0.4) is 0 Å².